The maximum absolute atomic E-state index is 10.8. The molecule has 0 bridgehead atoms. The van der Waals surface area contributed by atoms with Crippen molar-refractivity contribution in [3.63, 3.8) is 0 Å². The summed E-state index contributed by atoms with van der Waals surface area (Å²) in [5, 5.41) is 43.6. The average molecular weight is 971 g/mol. The lowest BCUT2D eigenvalue weighted by Gasteiger charge is -2.08. The summed E-state index contributed by atoms with van der Waals surface area (Å²) in [6.07, 6.45) is 6.13. The van der Waals surface area contributed by atoms with Gasteiger partial charge in [0.05, 0.1) is 55.3 Å². The molecular formula is C55H70O15. The van der Waals surface area contributed by atoms with Gasteiger partial charge in [0.15, 0.2) is 0 Å². The molecule has 0 aliphatic carbocycles. The number of hydrogen-bond acceptors (Lipinski definition) is 10. The van der Waals surface area contributed by atoms with E-state index in [4.69, 9.17) is 49.2 Å². The van der Waals surface area contributed by atoms with Gasteiger partial charge >= 0.3 is 29.8 Å². The van der Waals surface area contributed by atoms with Gasteiger partial charge in [-0.05, 0) is 128 Å². The topological polar surface area (TPSA) is 233 Å². The van der Waals surface area contributed by atoms with Gasteiger partial charge in [0, 0.05) is 0 Å². The maximum atomic E-state index is 10.8. The van der Waals surface area contributed by atoms with Crippen molar-refractivity contribution in [3.8, 4) is 28.7 Å². The van der Waals surface area contributed by atoms with Crippen LogP contribution in [0.5, 0.6) is 28.7 Å². The van der Waals surface area contributed by atoms with Crippen molar-refractivity contribution in [1.82, 2.24) is 0 Å². The first-order chi connectivity index (χ1) is 33.4. The van der Waals surface area contributed by atoms with Crippen LogP contribution in [-0.4, -0.2) is 88.4 Å². The molecule has 0 amide bonds. The average Bonchev–Trinajstić information content (AvgIpc) is 3.34. The monoisotopic (exact) mass is 970 g/mol. The highest BCUT2D eigenvalue weighted by Crippen LogP contribution is 2.19. The number of carboxylic acid groups (broad SMARTS) is 5. The van der Waals surface area contributed by atoms with Gasteiger partial charge in [0.1, 0.15) is 34.3 Å². The molecule has 5 aromatic rings. The lowest BCUT2D eigenvalue weighted by atomic mass is 10.2. The summed E-state index contributed by atoms with van der Waals surface area (Å²) in [7, 11) is 0. The highest BCUT2D eigenvalue weighted by Gasteiger charge is 2.10. The van der Waals surface area contributed by atoms with Gasteiger partial charge in [0.25, 0.3) is 0 Å². The molecule has 0 spiro atoms. The van der Waals surface area contributed by atoms with Crippen LogP contribution in [0.1, 0.15) is 139 Å². The molecule has 15 nitrogen and oxygen atoms in total. The lowest BCUT2D eigenvalue weighted by Crippen LogP contribution is -2.05. The Balaban J connectivity index is 0.000000437. The highest BCUT2D eigenvalue weighted by atomic mass is 16.5. The minimum absolute atomic E-state index is 0.226. The van der Waals surface area contributed by atoms with Crippen LogP contribution in [0.15, 0.2) is 121 Å². The fraction of sp³-hybridized carbons (Fsp3) is 0.364. The second-order valence-corrected chi connectivity index (χ2v) is 16.1. The molecule has 0 aliphatic heterocycles. The van der Waals surface area contributed by atoms with E-state index in [2.05, 4.69) is 34.6 Å². The number of benzene rings is 5. The molecular weight excluding hydrogens is 901 g/mol. The fourth-order valence-corrected chi connectivity index (χ4v) is 5.12. The van der Waals surface area contributed by atoms with E-state index < -0.39 is 29.8 Å². The molecule has 0 radical (unpaired) electrons. The van der Waals surface area contributed by atoms with E-state index in [1.165, 1.54) is 24.3 Å². The third-order valence-corrected chi connectivity index (χ3v) is 8.94. The molecule has 0 heterocycles. The Morgan fingerprint density at radius 3 is 1.13 bits per heavy atom. The first-order valence-corrected chi connectivity index (χ1v) is 23.2. The molecule has 0 fully saturated rings. The summed E-state index contributed by atoms with van der Waals surface area (Å²) in [6.45, 7) is 17.6. The maximum Gasteiger partial charge on any atom is 0.339 e. The number of rotatable bonds is 23. The molecule has 380 valence electrons. The lowest BCUT2D eigenvalue weighted by molar-refractivity contribution is 0.0682. The van der Waals surface area contributed by atoms with Crippen LogP contribution in [0.4, 0.5) is 0 Å². The molecule has 0 atom stereocenters. The zero-order chi connectivity index (χ0) is 52.3. The quantitative estimate of drug-likeness (QED) is 0.0383. The van der Waals surface area contributed by atoms with Crippen LogP contribution in [0.3, 0.4) is 0 Å². The van der Waals surface area contributed by atoms with Crippen molar-refractivity contribution in [2.24, 2.45) is 11.8 Å². The second kappa shape index (κ2) is 35.6. The molecule has 70 heavy (non-hydrogen) atoms. The van der Waals surface area contributed by atoms with Crippen LogP contribution >= 0.6 is 0 Å². The molecule has 0 unspecified atom stereocenters. The smallest absolute Gasteiger partial charge is 0.339 e. The van der Waals surface area contributed by atoms with E-state index >= 15 is 0 Å². The third kappa shape index (κ3) is 27.3. The minimum Gasteiger partial charge on any atom is -0.494 e. The Morgan fingerprint density at radius 1 is 0.386 bits per heavy atom. The van der Waals surface area contributed by atoms with E-state index in [0.717, 1.165) is 44.3 Å². The van der Waals surface area contributed by atoms with Crippen LogP contribution in [0.25, 0.3) is 0 Å². The van der Waals surface area contributed by atoms with Crippen molar-refractivity contribution in [3.05, 3.63) is 149 Å². The number of para-hydroxylation sites is 1. The normalized spacial score (nSPS) is 9.96. The van der Waals surface area contributed by atoms with E-state index in [0.29, 0.717) is 67.9 Å². The van der Waals surface area contributed by atoms with Crippen molar-refractivity contribution < 1.29 is 73.2 Å². The Bertz CT molecular complexity index is 2270. The zero-order valence-electron chi connectivity index (χ0n) is 41.3. The van der Waals surface area contributed by atoms with Gasteiger partial charge in [-0.2, -0.15) is 0 Å². The van der Waals surface area contributed by atoms with Crippen molar-refractivity contribution >= 4 is 29.8 Å². The van der Waals surface area contributed by atoms with Gasteiger partial charge in [-0.15, -0.1) is 0 Å². The van der Waals surface area contributed by atoms with Crippen LogP contribution in [-0.2, 0) is 0 Å². The zero-order valence-corrected chi connectivity index (χ0v) is 41.3. The Kier molecular flexibility index (Phi) is 30.7. The number of ether oxygens (including phenoxy) is 5. The largest absolute Gasteiger partial charge is 0.494 e. The molecule has 0 saturated carbocycles. The van der Waals surface area contributed by atoms with Gasteiger partial charge in [-0.25, -0.2) is 24.0 Å². The van der Waals surface area contributed by atoms with E-state index in [9.17, 15) is 24.0 Å². The summed E-state index contributed by atoms with van der Waals surface area (Å²) in [5.41, 5.74) is 1.31. The van der Waals surface area contributed by atoms with Crippen molar-refractivity contribution in [2.45, 2.75) is 87.0 Å². The van der Waals surface area contributed by atoms with Crippen molar-refractivity contribution in [2.75, 3.05) is 33.0 Å². The Labute approximate surface area is 411 Å². The first-order valence-electron chi connectivity index (χ1n) is 23.2. The highest BCUT2D eigenvalue weighted by molar-refractivity contribution is 5.91. The number of carbonyl (C=O) groups is 5. The summed E-state index contributed by atoms with van der Waals surface area (Å²) in [5.74, 6) is -0.608. The van der Waals surface area contributed by atoms with Gasteiger partial charge < -0.3 is 49.2 Å². The number of aromatic carboxylic acids is 5. The van der Waals surface area contributed by atoms with E-state index in [1.807, 2.05) is 13.8 Å². The SMILES string of the molecule is CC(C)COc1ccc(C(=O)O)cc1.CC(C)COc1cccc(C(=O)O)c1.CCCCOc1ccc(C(=O)O)cc1.CCCCOc1cccc(C(=O)O)c1.CCCCOc1ccccc1C(=O)O. The number of carboxylic acids is 5. The van der Waals surface area contributed by atoms with Crippen LogP contribution < -0.4 is 23.7 Å². The standard InChI is InChI=1S/5C11H14O3/c1-8(2)7-14-10-5-3-9(4-6-10)11(12)13;1-8(2)7-14-10-5-3-4-9(6-10)11(12)13;1-2-3-8-14-10-6-4-9(5-7-10)11(12)13;1-2-3-8-14-10-7-5-4-6-9(10)11(12)13;1-2-3-7-14-10-6-4-5-9(8-10)11(12)13/h2*3-6,8H,7H2,1-2H3,(H,12,13);2*4-7H,2-3,8H2,1H3,(H,12,13);4-6,8H,2-3,7H2,1H3,(H,12,13). The van der Waals surface area contributed by atoms with E-state index in [-0.39, 0.29) is 27.8 Å². The van der Waals surface area contributed by atoms with Gasteiger partial charge in [0.2, 0.25) is 0 Å². The molecule has 0 saturated heterocycles. The summed E-state index contributed by atoms with van der Waals surface area (Å²) in [6, 6.07) is 32.6. The first kappa shape index (κ1) is 60.5. The van der Waals surface area contributed by atoms with Crippen molar-refractivity contribution in [1.29, 1.82) is 0 Å². The summed E-state index contributed by atoms with van der Waals surface area (Å²) >= 11 is 0. The molecule has 0 aliphatic rings. The molecule has 5 rings (SSSR count). The second-order valence-electron chi connectivity index (χ2n) is 16.1. The molecule has 0 aromatic heterocycles. The predicted molar refractivity (Wildman–Crippen MR) is 269 cm³/mol. The summed E-state index contributed by atoms with van der Waals surface area (Å²) < 4.78 is 26.9. The summed E-state index contributed by atoms with van der Waals surface area (Å²) in [4.78, 5) is 53.1. The van der Waals surface area contributed by atoms with Crippen LogP contribution in [0.2, 0.25) is 0 Å². The predicted octanol–water partition coefficient (Wildman–Crippen LogP) is 12.5. The fourth-order valence-electron chi connectivity index (χ4n) is 5.12. The molecule has 15 heteroatoms. The minimum atomic E-state index is -0.947. The van der Waals surface area contributed by atoms with Crippen LogP contribution in [0, 0.1) is 11.8 Å². The Hall–Kier alpha value is -7.55. The molecule has 5 N–H and O–H groups in total. The van der Waals surface area contributed by atoms with E-state index in [1.54, 1.807) is 97.1 Å². The molecule has 5 aromatic carbocycles. The Morgan fingerprint density at radius 2 is 0.743 bits per heavy atom. The van der Waals surface area contributed by atoms with Gasteiger partial charge in [-0.1, -0.05) is 92.0 Å². The number of hydrogen-bond donors (Lipinski definition) is 5. The number of unbranched alkanes of at least 4 members (excludes halogenated alkanes) is 3. The third-order valence-electron chi connectivity index (χ3n) is 8.94. The van der Waals surface area contributed by atoms with Gasteiger partial charge in [-0.3, -0.25) is 0 Å².